The fourth-order valence-corrected chi connectivity index (χ4v) is 3.76. The molecule has 3 aromatic rings. The van der Waals surface area contributed by atoms with Crippen LogP contribution in [0.25, 0.3) is 11.5 Å². The van der Waals surface area contributed by atoms with Gasteiger partial charge in [0.15, 0.2) is 5.82 Å². The third kappa shape index (κ3) is 5.12. The van der Waals surface area contributed by atoms with E-state index in [1.54, 1.807) is 30.5 Å². The van der Waals surface area contributed by atoms with Gasteiger partial charge in [-0.1, -0.05) is 0 Å². The third-order valence-corrected chi connectivity index (χ3v) is 5.22. The predicted octanol–water partition coefficient (Wildman–Crippen LogP) is 2.40. The summed E-state index contributed by atoms with van der Waals surface area (Å²) >= 11 is 0. The van der Waals surface area contributed by atoms with Crippen molar-refractivity contribution < 1.29 is 19.3 Å². The highest BCUT2D eigenvalue weighted by molar-refractivity contribution is 5.60. The Balaban J connectivity index is 1.55. The molecule has 3 N–H and O–H groups in total. The van der Waals surface area contributed by atoms with Gasteiger partial charge in [0, 0.05) is 36.3 Å². The van der Waals surface area contributed by atoms with Crippen LogP contribution in [0.4, 0.5) is 15.9 Å². The Kier molecular flexibility index (Phi) is 6.77. The van der Waals surface area contributed by atoms with E-state index < -0.39 is 6.23 Å². The lowest BCUT2D eigenvalue weighted by atomic mass is 10.2. The molecule has 4 rings (SSSR count). The number of nitrogens with zero attached hydrogens (tertiary/aromatic N) is 4. The van der Waals surface area contributed by atoms with Gasteiger partial charge in [-0.25, -0.2) is 14.4 Å². The van der Waals surface area contributed by atoms with E-state index in [4.69, 9.17) is 19.8 Å². The summed E-state index contributed by atoms with van der Waals surface area (Å²) in [7, 11) is 1.87. The monoisotopic (exact) mass is 439 g/mol. The van der Waals surface area contributed by atoms with Crippen LogP contribution in [0, 0.1) is 5.82 Å². The number of fused-ring (bicyclic) bond motifs is 1. The van der Waals surface area contributed by atoms with Gasteiger partial charge >= 0.3 is 0 Å². The molecule has 0 saturated heterocycles. The maximum Gasteiger partial charge on any atom is 0.180 e. The van der Waals surface area contributed by atoms with Gasteiger partial charge in [0.05, 0.1) is 13.2 Å². The van der Waals surface area contributed by atoms with E-state index in [1.807, 2.05) is 11.9 Å². The topological polar surface area (TPSA) is 104 Å². The van der Waals surface area contributed by atoms with Crippen molar-refractivity contribution in [3.8, 4) is 17.3 Å². The molecule has 1 unspecified atom stereocenters. The molecule has 168 valence electrons. The van der Waals surface area contributed by atoms with E-state index in [0.717, 1.165) is 36.3 Å². The zero-order valence-corrected chi connectivity index (χ0v) is 17.8. The summed E-state index contributed by atoms with van der Waals surface area (Å²) in [5, 5.41) is 22.5. The summed E-state index contributed by atoms with van der Waals surface area (Å²) in [6.45, 7) is 0.394. The highest BCUT2D eigenvalue weighted by Gasteiger charge is 2.23. The van der Waals surface area contributed by atoms with Gasteiger partial charge in [0.25, 0.3) is 0 Å². The van der Waals surface area contributed by atoms with Crippen molar-refractivity contribution in [3.05, 3.63) is 59.7 Å². The first-order chi connectivity index (χ1) is 15.5. The molecule has 1 aliphatic rings. The first-order valence-corrected chi connectivity index (χ1v) is 10.5. The molecule has 2 heterocycles. The van der Waals surface area contributed by atoms with Crippen LogP contribution in [0.1, 0.15) is 17.7 Å². The molecule has 0 aliphatic heterocycles. The van der Waals surface area contributed by atoms with Gasteiger partial charge in [-0.05, 0) is 49.6 Å². The van der Waals surface area contributed by atoms with Crippen LogP contribution in [0.2, 0.25) is 0 Å². The predicted molar refractivity (Wildman–Crippen MR) is 119 cm³/mol. The molecule has 9 heteroatoms. The van der Waals surface area contributed by atoms with Crippen LogP contribution in [-0.4, -0.2) is 58.2 Å². The summed E-state index contributed by atoms with van der Waals surface area (Å²) in [4.78, 5) is 15.8. The molecule has 0 bridgehead atoms. The molecule has 0 amide bonds. The molecular weight excluding hydrogens is 413 g/mol. The lowest BCUT2D eigenvalue weighted by Crippen LogP contribution is -2.35. The smallest absolute Gasteiger partial charge is 0.180 e. The zero-order valence-electron chi connectivity index (χ0n) is 17.8. The Labute approximate surface area is 185 Å². The summed E-state index contributed by atoms with van der Waals surface area (Å²) in [6, 6.07) is 9.31. The number of aliphatic hydroxyl groups excluding tert-OH is 2. The Morgan fingerprint density at radius 3 is 2.78 bits per heavy atom. The number of aromatic nitrogens is 3. The highest BCUT2D eigenvalue weighted by atomic mass is 19.1. The molecule has 0 radical (unpaired) electrons. The van der Waals surface area contributed by atoms with Crippen LogP contribution in [0.5, 0.6) is 5.75 Å². The minimum atomic E-state index is -0.880. The van der Waals surface area contributed by atoms with Crippen LogP contribution in [0.3, 0.4) is 0 Å². The molecular formula is C23H26FN5O3. The van der Waals surface area contributed by atoms with Crippen molar-refractivity contribution in [3.63, 3.8) is 0 Å². The number of likely N-dealkylation sites (N-methyl/N-ethyl adjacent to an activating group) is 1. The second-order valence-electron chi connectivity index (χ2n) is 7.65. The average molecular weight is 439 g/mol. The maximum absolute atomic E-state index is 13.1. The number of aryl methyl sites for hydroxylation is 1. The molecule has 2 aromatic heterocycles. The van der Waals surface area contributed by atoms with E-state index in [9.17, 15) is 9.50 Å². The van der Waals surface area contributed by atoms with Gasteiger partial charge in [0.1, 0.15) is 35.9 Å². The maximum atomic E-state index is 13.1. The highest BCUT2D eigenvalue weighted by Crippen LogP contribution is 2.31. The Bertz CT molecular complexity index is 1060. The van der Waals surface area contributed by atoms with Crippen molar-refractivity contribution in [2.24, 2.45) is 0 Å². The number of rotatable bonds is 9. The molecule has 32 heavy (non-hydrogen) atoms. The van der Waals surface area contributed by atoms with E-state index in [0.29, 0.717) is 23.0 Å². The quantitative estimate of drug-likeness (QED) is 0.437. The molecule has 1 aliphatic carbocycles. The second kappa shape index (κ2) is 9.88. The third-order valence-electron chi connectivity index (χ3n) is 5.22. The number of nitrogens with one attached hydrogen (secondary N) is 1. The number of anilines is 2. The second-order valence-corrected chi connectivity index (χ2v) is 7.65. The van der Waals surface area contributed by atoms with Crippen molar-refractivity contribution in [1.82, 2.24) is 15.0 Å². The number of halogens is 1. The molecule has 1 atom stereocenters. The fraction of sp³-hybridized carbons (Fsp3) is 0.348. The minimum absolute atomic E-state index is 0.0732. The summed E-state index contributed by atoms with van der Waals surface area (Å²) in [5.74, 6) is 1.50. The van der Waals surface area contributed by atoms with Crippen LogP contribution in [0.15, 0.2) is 42.6 Å². The number of benzene rings is 1. The number of hydrogen-bond acceptors (Lipinski definition) is 8. The summed E-state index contributed by atoms with van der Waals surface area (Å²) in [5.41, 5.74) is 3.28. The molecule has 0 spiro atoms. The van der Waals surface area contributed by atoms with Gasteiger partial charge in [-0.3, -0.25) is 4.98 Å². The van der Waals surface area contributed by atoms with E-state index in [2.05, 4.69) is 10.3 Å². The van der Waals surface area contributed by atoms with Crippen LogP contribution in [-0.2, 0) is 12.8 Å². The molecule has 1 aromatic carbocycles. The van der Waals surface area contributed by atoms with E-state index in [-0.39, 0.29) is 25.6 Å². The van der Waals surface area contributed by atoms with Crippen molar-refractivity contribution in [2.75, 3.05) is 37.0 Å². The van der Waals surface area contributed by atoms with Crippen molar-refractivity contribution in [2.45, 2.75) is 25.5 Å². The van der Waals surface area contributed by atoms with E-state index in [1.165, 1.54) is 12.1 Å². The van der Waals surface area contributed by atoms with Crippen molar-refractivity contribution >= 4 is 11.5 Å². The Morgan fingerprint density at radius 1 is 1.19 bits per heavy atom. The van der Waals surface area contributed by atoms with Crippen molar-refractivity contribution in [1.29, 1.82) is 0 Å². The van der Waals surface area contributed by atoms with Gasteiger partial charge in [-0.15, -0.1) is 0 Å². The largest absolute Gasteiger partial charge is 0.491 e. The van der Waals surface area contributed by atoms with Gasteiger partial charge in [-0.2, -0.15) is 0 Å². The van der Waals surface area contributed by atoms with E-state index >= 15 is 0 Å². The SMILES string of the molecule is CN(CC(O)Nc1ccc(F)cc1)c1nc(-c2cc(OCCO)ccn2)nc2c1CCC2. The van der Waals surface area contributed by atoms with Crippen LogP contribution >= 0.6 is 0 Å². The number of ether oxygens (including phenoxy) is 1. The number of hydrogen-bond donors (Lipinski definition) is 3. The summed E-state index contributed by atoms with van der Waals surface area (Å²) < 4.78 is 18.6. The van der Waals surface area contributed by atoms with Gasteiger partial charge < -0.3 is 25.2 Å². The standard InChI is InChI=1S/C23H26FN5O3/c1-29(14-21(31)26-16-7-5-15(24)6-8-16)23-18-3-2-4-19(18)27-22(28-23)20-13-17(9-10-25-20)32-12-11-30/h5-10,13,21,26,30-31H,2-4,11-12,14H2,1H3. The number of aliphatic hydroxyl groups is 2. The lowest BCUT2D eigenvalue weighted by Gasteiger charge is -2.25. The average Bonchev–Trinajstić information content (AvgIpc) is 3.27. The normalized spacial score (nSPS) is 13.5. The zero-order chi connectivity index (χ0) is 22.5. The molecule has 0 fully saturated rings. The van der Waals surface area contributed by atoms with Crippen LogP contribution < -0.4 is 15.0 Å². The minimum Gasteiger partial charge on any atom is -0.491 e. The first kappa shape index (κ1) is 21.9. The lowest BCUT2D eigenvalue weighted by molar-refractivity contribution is 0.201. The number of pyridine rings is 1. The Hall–Kier alpha value is -3.30. The molecule has 0 saturated carbocycles. The van der Waals surface area contributed by atoms with Gasteiger partial charge in [0.2, 0.25) is 0 Å². The molecule has 8 nitrogen and oxygen atoms in total. The Morgan fingerprint density at radius 2 is 2.00 bits per heavy atom. The fourth-order valence-electron chi connectivity index (χ4n) is 3.76. The summed E-state index contributed by atoms with van der Waals surface area (Å²) in [6.07, 6.45) is 3.48. The first-order valence-electron chi connectivity index (χ1n) is 10.5.